The van der Waals surface area contributed by atoms with Crippen LogP contribution < -0.4 is 5.32 Å². The summed E-state index contributed by atoms with van der Waals surface area (Å²) in [5, 5.41) is 3.47. The highest BCUT2D eigenvalue weighted by atomic mass is 16.5. The summed E-state index contributed by atoms with van der Waals surface area (Å²) in [4.78, 5) is 2.56. The Morgan fingerprint density at radius 2 is 2.13 bits per heavy atom. The van der Waals surface area contributed by atoms with E-state index >= 15 is 0 Å². The van der Waals surface area contributed by atoms with Crippen LogP contribution in [0.5, 0.6) is 0 Å². The van der Waals surface area contributed by atoms with Gasteiger partial charge >= 0.3 is 0 Å². The predicted molar refractivity (Wildman–Crippen MR) is 62.1 cm³/mol. The average molecular weight is 212 g/mol. The van der Waals surface area contributed by atoms with Crippen molar-refractivity contribution in [2.75, 3.05) is 32.8 Å². The monoisotopic (exact) mass is 212 g/mol. The molecule has 3 heteroatoms. The van der Waals surface area contributed by atoms with Crippen LogP contribution in [0.3, 0.4) is 0 Å². The molecule has 1 spiro atoms. The fourth-order valence-corrected chi connectivity index (χ4v) is 2.62. The average Bonchev–Trinajstić information content (AvgIpc) is 2.18. The first-order valence-electron chi connectivity index (χ1n) is 6.12. The van der Waals surface area contributed by atoms with Crippen LogP contribution in [0.4, 0.5) is 0 Å². The van der Waals surface area contributed by atoms with Crippen molar-refractivity contribution < 1.29 is 4.74 Å². The molecule has 2 aliphatic rings. The zero-order valence-corrected chi connectivity index (χ0v) is 10.3. The summed E-state index contributed by atoms with van der Waals surface area (Å²) in [5.41, 5.74) is 0.373. The summed E-state index contributed by atoms with van der Waals surface area (Å²) in [6, 6.07) is 0. The van der Waals surface area contributed by atoms with E-state index in [1.54, 1.807) is 0 Å². The molecular formula is C12H24N2O. The third-order valence-electron chi connectivity index (χ3n) is 3.63. The van der Waals surface area contributed by atoms with E-state index in [9.17, 15) is 0 Å². The van der Waals surface area contributed by atoms with Crippen LogP contribution in [-0.2, 0) is 4.74 Å². The first kappa shape index (κ1) is 11.4. The second-order valence-electron chi connectivity index (χ2n) is 5.90. The van der Waals surface area contributed by atoms with Gasteiger partial charge in [0, 0.05) is 25.2 Å². The van der Waals surface area contributed by atoms with Gasteiger partial charge in [-0.25, -0.2) is 0 Å². The molecule has 2 heterocycles. The topological polar surface area (TPSA) is 24.5 Å². The van der Waals surface area contributed by atoms with E-state index in [0.29, 0.717) is 0 Å². The zero-order valence-electron chi connectivity index (χ0n) is 10.3. The Labute approximate surface area is 93.2 Å². The van der Waals surface area contributed by atoms with E-state index in [1.807, 2.05) is 0 Å². The van der Waals surface area contributed by atoms with Gasteiger partial charge in [-0.05, 0) is 40.2 Å². The van der Waals surface area contributed by atoms with Crippen LogP contribution in [0.2, 0.25) is 0 Å². The Morgan fingerprint density at radius 3 is 2.73 bits per heavy atom. The minimum atomic E-state index is 0.101. The molecule has 15 heavy (non-hydrogen) atoms. The molecule has 2 rings (SSSR count). The number of nitrogens with one attached hydrogen (secondary N) is 1. The lowest BCUT2D eigenvalue weighted by Gasteiger charge is -2.49. The molecule has 0 aromatic heterocycles. The Hall–Kier alpha value is -0.120. The summed E-state index contributed by atoms with van der Waals surface area (Å²) in [6.45, 7) is 12.1. The second kappa shape index (κ2) is 4.04. The van der Waals surface area contributed by atoms with Crippen molar-refractivity contribution >= 4 is 0 Å². The maximum Gasteiger partial charge on any atom is 0.0933 e. The summed E-state index contributed by atoms with van der Waals surface area (Å²) < 4.78 is 6.03. The molecule has 0 aliphatic carbocycles. The van der Waals surface area contributed by atoms with E-state index in [1.165, 1.54) is 12.8 Å². The molecule has 0 aromatic carbocycles. The molecule has 3 nitrogen and oxygen atoms in total. The van der Waals surface area contributed by atoms with Gasteiger partial charge in [-0.1, -0.05) is 0 Å². The highest BCUT2D eigenvalue weighted by Crippen LogP contribution is 2.28. The predicted octanol–water partition coefficient (Wildman–Crippen LogP) is 1.24. The van der Waals surface area contributed by atoms with E-state index in [2.05, 4.69) is 31.0 Å². The van der Waals surface area contributed by atoms with Crippen LogP contribution in [0.25, 0.3) is 0 Å². The lowest BCUT2D eigenvalue weighted by atomic mass is 9.90. The summed E-state index contributed by atoms with van der Waals surface area (Å²) in [7, 11) is 0. The molecular weight excluding hydrogens is 188 g/mol. The first-order valence-corrected chi connectivity index (χ1v) is 6.12. The first-order chi connectivity index (χ1) is 7.02. The van der Waals surface area contributed by atoms with Crippen molar-refractivity contribution in [1.29, 1.82) is 0 Å². The Morgan fingerprint density at radius 1 is 1.33 bits per heavy atom. The molecule has 1 N–H and O–H groups in total. The van der Waals surface area contributed by atoms with Crippen molar-refractivity contribution in [3.05, 3.63) is 0 Å². The third-order valence-corrected chi connectivity index (χ3v) is 3.63. The number of ether oxygens (including phenoxy) is 1. The summed E-state index contributed by atoms with van der Waals surface area (Å²) >= 11 is 0. The van der Waals surface area contributed by atoms with Gasteiger partial charge in [-0.3, -0.25) is 4.90 Å². The van der Waals surface area contributed by atoms with Crippen LogP contribution in [0.1, 0.15) is 33.6 Å². The van der Waals surface area contributed by atoms with Crippen LogP contribution in [0.15, 0.2) is 0 Å². The zero-order chi connectivity index (χ0) is 10.9. The molecule has 0 saturated carbocycles. The van der Waals surface area contributed by atoms with Crippen LogP contribution in [0, 0.1) is 0 Å². The molecule has 2 fully saturated rings. The standard InChI is InChI=1S/C12H24N2O/c1-11(2,3)14-7-8-15-12(10-14)5-4-6-13-9-12/h13H,4-10H2,1-3H3. The Balaban J connectivity index is 2.02. The lowest BCUT2D eigenvalue weighted by Crippen LogP contribution is -2.62. The number of morpholine rings is 1. The maximum absolute atomic E-state index is 6.03. The SMILES string of the molecule is CC(C)(C)N1CCOC2(CCCNC2)C1. The maximum atomic E-state index is 6.03. The smallest absolute Gasteiger partial charge is 0.0933 e. The van der Waals surface area contributed by atoms with Crippen molar-refractivity contribution in [1.82, 2.24) is 10.2 Å². The molecule has 1 unspecified atom stereocenters. The number of piperidine rings is 1. The van der Waals surface area contributed by atoms with E-state index in [4.69, 9.17) is 4.74 Å². The van der Waals surface area contributed by atoms with Gasteiger partial charge in [0.2, 0.25) is 0 Å². The quantitative estimate of drug-likeness (QED) is 0.654. The van der Waals surface area contributed by atoms with Gasteiger partial charge in [0.15, 0.2) is 0 Å². The van der Waals surface area contributed by atoms with Gasteiger partial charge in [-0.2, -0.15) is 0 Å². The van der Waals surface area contributed by atoms with Gasteiger partial charge in [-0.15, -0.1) is 0 Å². The van der Waals surface area contributed by atoms with Crippen molar-refractivity contribution in [2.24, 2.45) is 0 Å². The van der Waals surface area contributed by atoms with Gasteiger partial charge in [0.25, 0.3) is 0 Å². The molecule has 88 valence electrons. The van der Waals surface area contributed by atoms with E-state index in [0.717, 1.165) is 32.8 Å². The number of rotatable bonds is 0. The minimum Gasteiger partial charge on any atom is -0.371 e. The Bertz CT molecular complexity index is 211. The third kappa shape index (κ3) is 2.52. The largest absolute Gasteiger partial charge is 0.371 e. The fourth-order valence-electron chi connectivity index (χ4n) is 2.62. The van der Waals surface area contributed by atoms with Crippen molar-refractivity contribution in [3.8, 4) is 0 Å². The van der Waals surface area contributed by atoms with Crippen LogP contribution >= 0.6 is 0 Å². The van der Waals surface area contributed by atoms with Gasteiger partial charge in [0.05, 0.1) is 12.2 Å². The van der Waals surface area contributed by atoms with E-state index < -0.39 is 0 Å². The Kier molecular flexibility index (Phi) is 3.06. The number of nitrogens with zero attached hydrogens (tertiary/aromatic N) is 1. The van der Waals surface area contributed by atoms with Crippen molar-refractivity contribution in [2.45, 2.75) is 44.8 Å². The molecule has 0 radical (unpaired) electrons. The minimum absolute atomic E-state index is 0.101. The summed E-state index contributed by atoms with van der Waals surface area (Å²) in [5.74, 6) is 0. The van der Waals surface area contributed by atoms with E-state index in [-0.39, 0.29) is 11.1 Å². The molecule has 1 atom stereocenters. The van der Waals surface area contributed by atoms with Gasteiger partial charge < -0.3 is 10.1 Å². The molecule has 0 bridgehead atoms. The number of hydrogen-bond donors (Lipinski definition) is 1. The molecule has 0 aromatic rings. The lowest BCUT2D eigenvalue weighted by molar-refractivity contribution is -0.136. The molecule has 2 saturated heterocycles. The number of hydrogen-bond acceptors (Lipinski definition) is 3. The summed E-state index contributed by atoms with van der Waals surface area (Å²) in [6.07, 6.45) is 2.46. The van der Waals surface area contributed by atoms with Crippen molar-refractivity contribution in [3.63, 3.8) is 0 Å². The normalized spacial score (nSPS) is 34.6. The molecule has 2 aliphatic heterocycles. The second-order valence-corrected chi connectivity index (χ2v) is 5.90. The highest BCUT2D eigenvalue weighted by Gasteiger charge is 2.40. The van der Waals surface area contributed by atoms with Gasteiger partial charge in [0.1, 0.15) is 0 Å². The highest BCUT2D eigenvalue weighted by molar-refractivity contribution is 4.95. The molecule has 0 amide bonds. The van der Waals surface area contributed by atoms with Crippen LogP contribution in [-0.4, -0.2) is 48.8 Å². The fraction of sp³-hybridized carbons (Fsp3) is 1.00.